The van der Waals surface area contributed by atoms with Crippen molar-refractivity contribution in [1.82, 2.24) is 10.2 Å². The first-order valence-electron chi connectivity index (χ1n) is 7.44. The number of carbonyl (C=O) groups excluding carboxylic acids is 1. The number of rotatable bonds is 10. The van der Waals surface area contributed by atoms with Gasteiger partial charge in [-0.25, -0.2) is 0 Å². The van der Waals surface area contributed by atoms with Gasteiger partial charge in [-0.05, 0) is 39.2 Å². The van der Waals surface area contributed by atoms with E-state index in [1.165, 1.54) is 0 Å². The summed E-state index contributed by atoms with van der Waals surface area (Å²) in [6.45, 7) is 2.27. The van der Waals surface area contributed by atoms with E-state index in [9.17, 15) is 4.79 Å². The fraction of sp³-hybridized carbons (Fsp3) is 0.562. The maximum Gasteiger partial charge on any atom is 0.221 e. The Balaban J connectivity index is 2.27. The highest BCUT2D eigenvalue weighted by Gasteiger charge is 2.05. The number of benzene rings is 1. The molecule has 0 aliphatic rings. The number of nitrogens with one attached hydrogen (secondary N) is 2. The summed E-state index contributed by atoms with van der Waals surface area (Å²) in [5.41, 5.74) is 0.901. The molecule has 0 fully saturated rings. The van der Waals surface area contributed by atoms with Crippen LogP contribution in [0.2, 0.25) is 0 Å². The summed E-state index contributed by atoms with van der Waals surface area (Å²) in [6.07, 6.45) is 1.40. The highest BCUT2D eigenvalue weighted by molar-refractivity contribution is 5.76. The van der Waals surface area contributed by atoms with Gasteiger partial charge in [0.05, 0.1) is 14.2 Å². The van der Waals surface area contributed by atoms with Crippen molar-refractivity contribution in [3.8, 4) is 11.5 Å². The molecule has 0 aromatic heterocycles. The van der Waals surface area contributed by atoms with E-state index in [-0.39, 0.29) is 5.91 Å². The van der Waals surface area contributed by atoms with Crippen LogP contribution in [-0.4, -0.2) is 58.8 Å². The van der Waals surface area contributed by atoms with Crippen LogP contribution in [0.1, 0.15) is 12.8 Å². The lowest BCUT2D eigenvalue weighted by Gasteiger charge is -2.12. The lowest BCUT2D eigenvalue weighted by Crippen LogP contribution is -2.28. The van der Waals surface area contributed by atoms with E-state index in [4.69, 9.17) is 9.47 Å². The molecule has 0 saturated carbocycles. The lowest BCUT2D eigenvalue weighted by molar-refractivity contribution is -0.120. The molecule has 124 valence electrons. The van der Waals surface area contributed by atoms with Gasteiger partial charge in [-0.15, -0.1) is 0 Å². The van der Waals surface area contributed by atoms with E-state index in [1.54, 1.807) is 14.2 Å². The van der Waals surface area contributed by atoms with Crippen molar-refractivity contribution in [2.24, 2.45) is 0 Å². The minimum atomic E-state index is 0.0618. The van der Waals surface area contributed by atoms with E-state index in [0.29, 0.717) is 31.0 Å². The highest BCUT2D eigenvalue weighted by Crippen LogP contribution is 2.29. The molecule has 1 aromatic carbocycles. The van der Waals surface area contributed by atoms with Gasteiger partial charge in [0.15, 0.2) is 11.5 Å². The lowest BCUT2D eigenvalue weighted by atomic mass is 10.2. The number of carbonyl (C=O) groups is 1. The molecular weight excluding hydrogens is 282 g/mol. The van der Waals surface area contributed by atoms with Gasteiger partial charge < -0.3 is 25.0 Å². The van der Waals surface area contributed by atoms with Crippen LogP contribution in [0.15, 0.2) is 18.2 Å². The Hall–Kier alpha value is -1.95. The molecule has 22 heavy (non-hydrogen) atoms. The van der Waals surface area contributed by atoms with Crippen LogP contribution < -0.4 is 20.1 Å². The molecule has 6 heteroatoms. The highest BCUT2D eigenvalue weighted by atomic mass is 16.5. The zero-order valence-corrected chi connectivity index (χ0v) is 13.9. The first-order chi connectivity index (χ1) is 10.6. The average molecular weight is 309 g/mol. The van der Waals surface area contributed by atoms with Crippen molar-refractivity contribution in [2.75, 3.05) is 53.3 Å². The summed E-state index contributed by atoms with van der Waals surface area (Å²) >= 11 is 0. The second-order valence-electron chi connectivity index (χ2n) is 5.25. The molecule has 1 aromatic rings. The van der Waals surface area contributed by atoms with Gasteiger partial charge in [-0.2, -0.15) is 0 Å². The zero-order chi connectivity index (χ0) is 16.4. The Kier molecular flexibility index (Phi) is 8.14. The van der Waals surface area contributed by atoms with Gasteiger partial charge in [0.2, 0.25) is 5.91 Å². The molecule has 0 heterocycles. The van der Waals surface area contributed by atoms with Crippen LogP contribution in [0.4, 0.5) is 5.69 Å². The van der Waals surface area contributed by atoms with Crippen molar-refractivity contribution >= 4 is 11.6 Å². The third-order valence-corrected chi connectivity index (χ3v) is 3.17. The van der Waals surface area contributed by atoms with E-state index in [1.807, 2.05) is 32.3 Å². The second kappa shape index (κ2) is 9.89. The number of hydrogen-bond acceptors (Lipinski definition) is 5. The van der Waals surface area contributed by atoms with Crippen molar-refractivity contribution < 1.29 is 14.3 Å². The SMILES string of the molecule is COc1ccc(NCCC(=O)NCCCN(C)C)cc1OC. The van der Waals surface area contributed by atoms with E-state index < -0.39 is 0 Å². The third kappa shape index (κ3) is 6.67. The first kappa shape index (κ1) is 18.1. The van der Waals surface area contributed by atoms with Crippen molar-refractivity contribution in [1.29, 1.82) is 0 Å². The maximum atomic E-state index is 11.7. The normalized spacial score (nSPS) is 10.4. The monoisotopic (exact) mass is 309 g/mol. The van der Waals surface area contributed by atoms with Gasteiger partial charge in [-0.3, -0.25) is 4.79 Å². The molecule has 2 N–H and O–H groups in total. The van der Waals surface area contributed by atoms with Crippen LogP contribution in [0.25, 0.3) is 0 Å². The number of amides is 1. The molecule has 0 radical (unpaired) electrons. The minimum Gasteiger partial charge on any atom is -0.493 e. The van der Waals surface area contributed by atoms with Crippen LogP contribution in [0, 0.1) is 0 Å². The Morgan fingerprint density at radius 1 is 1.14 bits per heavy atom. The van der Waals surface area contributed by atoms with Crippen molar-refractivity contribution in [3.63, 3.8) is 0 Å². The maximum absolute atomic E-state index is 11.7. The number of nitrogens with zero attached hydrogens (tertiary/aromatic N) is 1. The van der Waals surface area contributed by atoms with E-state index in [2.05, 4.69) is 15.5 Å². The fourth-order valence-corrected chi connectivity index (χ4v) is 1.98. The summed E-state index contributed by atoms with van der Waals surface area (Å²) in [7, 11) is 7.25. The van der Waals surface area contributed by atoms with Gasteiger partial charge >= 0.3 is 0 Å². The Morgan fingerprint density at radius 3 is 2.50 bits per heavy atom. The zero-order valence-electron chi connectivity index (χ0n) is 13.9. The summed E-state index contributed by atoms with van der Waals surface area (Å²) < 4.78 is 10.4. The van der Waals surface area contributed by atoms with Crippen molar-refractivity contribution in [2.45, 2.75) is 12.8 Å². The third-order valence-electron chi connectivity index (χ3n) is 3.17. The Labute approximate surface area is 132 Å². The Morgan fingerprint density at radius 2 is 1.86 bits per heavy atom. The molecule has 0 aliphatic heterocycles. The number of hydrogen-bond donors (Lipinski definition) is 2. The standard InChI is InChI=1S/C16H27N3O3/c1-19(2)11-5-9-18-16(20)8-10-17-13-6-7-14(21-3)15(12-13)22-4/h6-7,12,17H,5,8-11H2,1-4H3,(H,18,20). The van der Waals surface area contributed by atoms with Crippen LogP contribution in [0.3, 0.4) is 0 Å². The second-order valence-corrected chi connectivity index (χ2v) is 5.25. The van der Waals surface area contributed by atoms with Crippen LogP contribution >= 0.6 is 0 Å². The summed E-state index contributed by atoms with van der Waals surface area (Å²) in [5.74, 6) is 1.42. The molecule has 0 spiro atoms. The molecule has 1 rings (SSSR count). The minimum absolute atomic E-state index is 0.0618. The van der Waals surface area contributed by atoms with E-state index >= 15 is 0 Å². The largest absolute Gasteiger partial charge is 0.493 e. The van der Waals surface area contributed by atoms with Gasteiger partial charge in [0, 0.05) is 31.3 Å². The molecule has 0 bridgehead atoms. The van der Waals surface area contributed by atoms with Crippen LogP contribution in [-0.2, 0) is 4.79 Å². The summed E-state index contributed by atoms with van der Waals surface area (Å²) in [6, 6.07) is 5.59. The fourth-order valence-electron chi connectivity index (χ4n) is 1.98. The number of anilines is 1. The predicted octanol–water partition coefficient (Wildman–Crippen LogP) is 1.57. The molecule has 0 atom stereocenters. The van der Waals surface area contributed by atoms with Gasteiger partial charge in [0.1, 0.15) is 0 Å². The van der Waals surface area contributed by atoms with E-state index in [0.717, 1.165) is 18.7 Å². The topological polar surface area (TPSA) is 62.8 Å². The van der Waals surface area contributed by atoms with Gasteiger partial charge in [0.25, 0.3) is 0 Å². The number of methoxy groups -OCH3 is 2. The quantitative estimate of drug-likeness (QED) is 0.643. The average Bonchev–Trinajstić information content (AvgIpc) is 2.51. The molecule has 0 aliphatic carbocycles. The predicted molar refractivity (Wildman–Crippen MR) is 88.8 cm³/mol. The van der Waals surface area contributed by atoms with Gasteiger partial charge in [-0.1, -0.05) is 0 Å². The molecule has 6 nitrogen and oxygen atoms in total. The first-order valence-corrected chi connectivity index (χ1v) is 7.44. The molecular formula is C16H27N3O3. The smallest absolute Gasteiger partial charge is 0.221 e. The molecule has 1 amide bonds. The van der Waals surface area contributed by atoms with Crippen LogP contribution in [0.5, 0.6) is 11.5 Å². The molecule has 0 unspecified atom stereocenters. The Bertz CT molecular complexity index is 464. The number of ether oxygens (including phenoxy) is 2. The summed E-state index contributed by atoms with van der Waals surface area (Å²) in [4.78, 5) is 13.8. The van der Waals surface area contributed by atoms with Crippen molar-refractivity contribution in [3.05, 3.63) is 18.2 Å². The molecule has 0 saturated heterocycles. The summed E-state index contributed by atoms with van der Waals surface area (Å²) in [5, 5.41) is 6.12.